The van der Waals surface area contributed by atoms with Crippen LogP contribution in [0.1, 0.15) is 5.56 Å². The van der Waals surface area contributed by atoms with Crippen LogP contribution in [0.15, 0.2) is 24.3 Å². The molecule has 1 rings (SSSR count). The van der Waals surface area contributed by atoms with E-state index in [2.05, 4.69) is 0 Å². The molecule has 1 aromatic carbocycles. The highest BCUT2D eigenvalue weighted by molar-refractivity contribution is 7.90. The fourth-order valence-corrected chi connectivity index (χ4v) is 1.79. The van der Waals surface area contributed by atoms with Gasteiger partial charge in [0.15, 0.2) is 5.75 Å². The van der Waals surface area contributed by atoms with Gasteiger partial charge in [-0.25, -0.2) is 0 Å². The van der Waals surface area contributed by atoms with Crippen LogP contribution in [0, 0.1) is 0 Å². The van der Waals surface area contributed by atoms with Gasteiger partial charge in [0, 0.05) is 14.5 Å². The van der Waals surface area contributed by atoms with E-state index in [0.717, 1.165) is 5.56 Å². The molecule has 0 aromatic heterocycles. The molecule has 0 aliphatic rings. The van der Waals surface area contributed by atoms with Gasteiger partial charge in [-0.05, 0) is 6.07 Å². The third kappa shape index (κ3) is 2.72. The lowest BCUT2D eigenvalue weighted by atomic mass is 10.2. The molecule has 0 spiro atoms. The zero-order valence-corrected chi connectivity index (χ0v) is 7.75. The number of hydrogen-bond donors (Lipinski definition) is 0. The Balaban J connectivity index is 2.78. The van der Waals surface area contributed by atoms with Gasteiger partial charge in [-0.2, -0.15) is 0 Å². The van der Waals surface area contributed by atoms with E-state index in [0.29, 0.717) is 10.8 Å². The van der Waals surface area contributed by atoms with Crippen LogP contribution in [0.4, 0.5) is 3.89 Å². The van der Waals surface area contributed by atoms with Gasteiger partial charge in [-0.1, -0.05) is 29.8 Å². The molecule has 0 saturated heterocycles. The van der Waals surface area contributed by atoms with Gasteiger partial charge in [-0.15, -0.1) is 0 Å². The van der Waals surface area contributed by atoms with Crippen molar-refractivity contribution in [1.29, 1.82) is 0 Å². The molecule has 0 N–H and O–H groups in total. The minimum Gasteiger partial charge on any atom is -0.0838 e. The van der Waals surface area contributed by atoms with Crippen molar-refractivity contribution in [2.75, 3.05) is 6.26 Å². The van der Waals surface area contributed by atoms with Crippen LogP contribution in [0.5, 0.6) is 0 Å². The molecule has 0 bridgehead atoms. The maximum absolute atomic E-state index is 12.5. The van der Waals surface area contributed by atoms with Crippen molar-refractivity contribution in [3.8, 4) is 0 Å². The topological polar surface area (TPSA) is 0 Å². The van der Waals surface area contributed by atoms with Gasteiger partial charge in [0.05, 0.1) is 0 Å². The molecule has 0 saturated carbocycles. The van der Waals surface area contributed by atoms with Crippen molar-refractivity contribution >= 4 is 22.9 Å². The lowest BCUT2D eigenvalue weighted by Crippen LogP contribution is -1.95. The Morgan fingerprint density at radius 3 is 2.64 bits per heavy atom. The molecule has 0 fully saturated rings. The molecule has 0 radical (unpaired) electrons. The molecule has 0 amide bonds. The zero-order valence-electron chi connectivity index (χ0n) is 6.18. The summed E-state index contributed by atoms with van der Waals surface area (Å²) in [6, 6.07) is 7.35. The number of halogens is 2. The summed E-state index contributed by atoms with van der Waals surface area (Å²) in [5.41, 5.74) is 0.891. The van der Waals surface area contributed by atoms with E-state index < -0.39 is 11.3 Å². The van der Waals surface area contributed by atoms with Crippen LogP contribution < -0.4 is 0 Å². The summed E-state index contributed by atoms with van der Waals surface area (Å²) in [6.07, 6.45) is 1.56. The van der Waals surface area contributed by atoms with Gasteiger partial charge >= 0.3 is 0 Å². The Morgan fingerprint density at radius 1 is 1.45 bits per heavy atom. The summed E-state index contributed by atoms with van der Waals surface area (Å²) >= 11 is 4.74. The first-order valence-electron chi connectivity index (χ1n) is 3.22. The van der Waals surface area contributed by atoms with Crippen molar-refractivity contribution in [3.05, 3.63) is 34.9 Å². The molecule has 0 aliphatic carbocycles. The van der Waals surface area contributed by atoms with E-state index in [4.69, 9.17) is 11.6 Å². The molecule has 1 atom stereocenters. The van der Waals surface area contributed by atoms with Crippen molar-refractivity contribution in [1.82, 2.24) is 0 Å². The Hall–Kier alpha value is -0.210. The molecular weight excluding hydrogens is 183 g/mol. The summed E-state index contributed by atoms with van der Waals surface area (Å²) in [5.74, 6) is 0.430. The second kappa shape index (κ2) is 3.98. The van der Waals surface area contributed by atoms with E-state index in [-0.39, 0.29) is 0 Å². The lowest BCUT2D eigenvalue weighted by Gasteiger charge is -1.96. The summed E-state index contributed by atoms with van der Waals surface area (Å²) in [6.45, 7) is 0. The zero-order chi connectivity index (χ0) is 8.27. The minimum atomic E-state index is -1.06. The molecule has 11 heavy (non-hydrogen) atoms. The average molecular weight is 192 g/mol. The largest absolute Gasteiger partial charge is 0.207 e. The Kier molecular flexibility index (Phi) is 3.21. The Morgan fingerprint density at radius 2 is 2.09 bits per heavy atom. The summed E-state index contributed by atoms with van der Waals surface area (Å²) in [4.78, 5) is 0. The molecule has 0 aliphatic heterocycles. The molecule has 60 valence electrons. The standard InChI is InChI=1S/C8H9ClFS/c1-11(10)6-7-4-2-3-5-8(7)9/h2-5H,6H2,1H3/q+1. The van der Waals surface area contributed by atoms with Gasteiger partial charge in [0.25, 0.3) is 0 Å². The summed E-state index contributed by atoms with van der Waals surface area (Å²) < 4.78 is 12.5. The van der Waals surface area contributed by atoms with Crippen LogP contribution in [0.25, 0.3) is 0 Å². The predicted molar refractivity (Wildman–Crippen MR) is 49.6 cm³/mol. The first-order chi connectivity index (χ1) is 5.20. The van der Waals surface area contributed by atoms with Gasteiger partial charge < -0.3 is 0 Å². The van der Waals surface area contributed by atoms with E-state index in [1.807, 2.05) is 18.2 Å². The van der Waals surface area contributed by atoms with Crippen LogP contribution >= 0.6 is 11.6 Å². The Bertz CT molecular complexity index is 237. The maximum Gasteiger partial charge on any atom is 0.207 e. The van der Waals surface area contributed by atoms with Crippen molar-refractivity contribution < 1.29 is 3.89 Å². The van der Waals surface area contributed by atoms with Crippen molar-refractivity contribution in [2.45, 2.75) is 5.75 Å². The maximum atomic E-state index is 12.5. The van der Waals surface area contributed by atoms with Crippen LogP contribution in [0.2, 0.25) is 5.02 Å². The predicted octanol–water partition coefficient (Wildman–Crippen LogP) is 2.97. The van der Waals surface area contributed by atoms with E-state index in [1.165, 1.54) is 0 Å². The average Bonchev–Trinajstić information content (AvgIpc) is 1.93. The molecule has 3 heteroatoms. The van der Waals surface area contributed by atoms with Crippen molar-refractivity contribution in [2.24, 2.45) is 0 Å². The van der Waals surface area contributed by atoms with Crippen LogP contribution in [-0.2, 0) is 17.0 Å². The lowest BCUT2D eigenvalue weighted by molar-refractivity contribution is 0.908. The smallest absolute Gasteiger partial charge is 0.0838 e. The normalized spacial score (nSPS) is 13.0. The molecule has 0 heterocycles. The molecular formula is C8H9ClFS+. The monoisotopic (exact) mass is 191 g/mol. The molecule has 1 aromatic rings. The second-order valence-electron chi connectivity index (χ2n) is 2.29. The van der Waals surface area contributed by atoms with E-state index in [9.17, 15) is 3.89 Å². The first kappa shape index (κ1) is 8.88. The fourth-order valence-electron chi connectivity index (χ4n) is 0.830. The summed E-state index contributed by atoms with van der Waals surface area (Å²) in [7, 11) is 0. The molecule has 0 nitrogen and oxygen atoms in total. The fraction of sp³-hybridized carbons (Fsp3) is 0.250. The Labute approximate surface area is 74.0 Å². The van der Waals surface area contributed by atoms with Crippen molar-refractivity contribution in [3.63, 3.8) is 0 Å². The number of hydrogen-bond acceptors (Lipinski definition) is 0. The quantitative estimate of drug-likeness (QED) is 0.631. The number of rotatable bonds is 2. The number of benzene rings is 1. The van der Waals surface area contributed by atoms with Gasteiger partial charge in [-0.3, -0.25) is 0 Å². The van der Waals surface area contributed by atoms with E-state index >= 15 is 0 Å². The highest BCUT2D eigenvalue weighted by atomic mass is 35.5. The van der Waals surface area contributed by atoms with Gasteiger partial charge in [0.1, 0.15) is 6.26 Å². The SMILES string of the molecule is C[S+](F)Cc1ccccc1Cl. The van der Waals surface area contributed by atoms with Gasteiger partial charge in [0.2, 0.25) is 11.3 Å². The third-order valence-corrected chi connectivity index (χ3v) is 2.39. The molecule has 1 unspecified atom stereocenters. The second-order valence-corrected chi connectivity index (χ2v) is 4.09. The first-order valence-corrected chi connectivity index (χ1v) is 5.30. The van der Waals surface area contributed by atoms with E-state index in [1.54, 1.807) is 12.3 Å². The highest BCUT2D eigenvalue weighted by Gasteiger charge is 2.12. The minimum absolute atomic E-state index is 0.430. The third-order valence-electron chi connectivity index (χ3n) is 1.31. The summed E-state index contributed by atoms with van der Waals surface area (Å²) in [5, 5.41) is 0.657. The highest BCUT2D eigenvalue weighted by Crippen LogP contribution is 2.18. The van der Waals surface area contributed by atoms with Crippen LogP contribution in [-0.4, -0.2) is 6.26 Å². The van der Waals surface area contributed by atoms with Crippen LogP contribution in [0.3, 0.4) is 0 Å².